The molecule has 0 radical (unpaired) electrons. The van der Waals surface area contributed by atoms with Crippen LogP contribution >= 0.6 is 23.1 Å². The number of fused-ring (bicyclic) bond motifs is 1. The number of carbonyl (C=O) groups excluding carboxylic acids is 2. The second kappa shape index (κ2) is 11.2. The molecule has 3 aliphatic heterocycles. The Balaban J connectivity index is 1.60. The molecule has 0 unspecified atom stereocenters. The minimum absolute atomic E-state index is 0.0222. The monoisotopic (exact) mass is 561 g/mol. The summed E-state index contributed by atoms with van der Waals surface area (Å²) in [7, 11) is 0.335. The highest BCUT2D eigenvalue weighted by molar-refractivity contribution is 8.04. The predicted molar refractivity (Wildman–Crippen MR) is 153 cm³/mol. The summed E-state index contributed by atoms with van der Waals surface area (Å²) < 4.78 is 12.6. The smallest absolute Gasteiger partial charge is 0.356 e. The summed E-state index contributed by atoms with van der Waals surface area (Å²) in [6, 6.07) is 0.405. The van der Waals surface area contributed by atoms with E-state index in [1.54, 1.807) is 16.2 Å². The molecule has 1 aromatic rings. The van der Waals surface area contributed by atoms with Crippen LogP contribution in [0.2, 0.25) is 19.6 Å². The van der Waals surface area contributed by atoms with Crippen LogP contribution in [0, 0.1) is 11.8 Å². The third kappa shape index (κ3) is 5.68. The third-order valence-corrected chi connectivity index (χ3v) is 10.6. The average Bonchev–Trinajstić information content (AvgIpc) is 3.38. The first-order chi connectivity index (χ1) is 17.5. The maximum absolute atomic E-state index is 13.4. The van der Waals surface area contributed by atoms with Crippen LogP contribution in [0.4, 0.5) is 0 Å². The predicted octanol–water partition coefficient (Wildman–Crippen LogP) is 5.39. The zero-order valence-electron chi connectivity index (χ0n) is 22.9. The molecule has 7 nitrogen and oxygen atoms in total. The Bertz CT molecular complexity index is 1130. The molecule has 4 heterocycles. The number of thioether (sulfide) groups is 1. The molecule has 10 heteroatoms. The molecule has 1 amide bonds. The maximum atomic E-state index is 13.4. The molecule has 1 fully saturated rings. The van der Waals surface area contributed by atoms with Gasteiger partial charge in [0.2, 0.25) is 5.91 Å². The molecule has 0 bridgehead atoms. The molecule has 0 aromatic carbocycles. The Kier molecular flexibility index (Phi) is 8.54. The maximum Gasteiger partial charge on any atom is 0.356 e. The Morgan fingerprint density at radius 3 is 2.78 bits per heavy atom. The van der Waals surface area contributed by atoms with Crippen LogP contribution in [-0.4, -0.2) is 73.4 Å². The quantitative estimate of drug-likeness (QED) is 0.164. The van der Waals surface area contributed by atoms with Gasteiger partial charge in [-0.2, -0.15) is 0 Å². The fraction of sp³-hybridized carbons (Fsp3) is 0.593. The van der Waals surface area contributed by atoms with Crippen LogP contribution in [-0.2, 0) is 18.8 Å². The summed E-state index contributed by atoms with van der Waals surface area (Å²) in [5.74, 6) is -0.844. The zero-order valence-corrected chi connectivity index (χ0v) is 25.6. The fourth-order valence-corrected chi connectivity index (χ4v) is 8.95. The van der Waals surface area contributed by atoms with Crippen LogP contribution in [0.5, 0.6) is 0 Å². The SMILES string of the molecule is C=CCOC(=O)C1=C(Sc2nc(C3=CCN(C)[C@H](CC)C3)cs2)[C@H](C)[C@@H]2[C@@H]([C@@H](C)O[Si](C)(C)C)C(=O)N12. The number of esters is 1. The fourth-order valence-electron chi connectivity index (χ4n) is 5.58. The van der Waals surface area contributed by atoms with Gasteiger partial charge in [0, 0.05) is 28.8 Å². The molecule has 4 rings (SSSR count). The van der Waals surface area contributed by atoms with Crippen molar-refractivity contribution in [2.24, 2.45) is 11.8 Å². The molecule has 1 saturated heterocycles. The minimum atomic E-state index is -1.83. The molecule has 37 heavy (non-hydrogen) atoms. The van der Waals surface area contributed by atoms with Crippen molar-refractivity contribution in [3.8, 4) is 0 Å². The van der Waals surface area contributed by atoms with Crippen LogP contribution < -0.4 is 0 Å². The molecule has 0 spiro atoms. The van der Waals surface area contributed by atoms with Gasteiger partial charge < -0.3 is 14.1 Å². The second-order valence-corrected chi connectivity index (χ2v) is 17.7. The van der Waals surface area contributed by atoms with Crippen molar-refractivity contribution in [1.82, 2.24) is 14.8 Å². The van der Waals surface area contributed by atoms with E-state index < -0.39 is 14.3 Å². The first kappa shape index (κ1) is 28.3. The number of thiazole rings is 1. The first-order valence-electron chi connectivity index (χ1n) is 13.0. The number of hydrogen-bond donors (Lipinski definition) is 0. The van der Waals surface area contributed by atoms with Crippen molar-refractivity contribution >= 4 is 48.9 Å². The highest BCUT2D eigenvalue weighted by atomic mass is 32.2. The van der Waals surface area contributed by atoms with Gasteiger partial charge in [-0.05, 0) is 52.0 Å². The standard InChI is InChI=1S/C27H39N3O4S2Si/c1-9-13-33-26(32)23-24(16(3)22-21(25(31)30(22)23)17(4)34-37(6,7)8)36-27-28-20(15-35-27)18-11-12-29(5)19(10-2)14-18/h9,11,15-17,19,21-22H,1,10,12-14H2,2-8H3/t16-,17-,19-,21-,22-/m1/s1. The van der Waals surface area contributed by atoms with Crippen molar-refractivity contribution in [3.63, 3.8) is 0 Å². The van der Waals surface area contributed by atoms with Gasteiger partial charge in [-0.1, -0.05) is 44.3 Å². The van der Waals surface area contributed by atoms with Crippen LogP contribution in [0.1, 0.15) is 39.3 Å². The second-order valence-electron chi connectivity index (χ2n) is 11.1. The number of nitrogens with zero attached hydrogens (tertiary/aromatic N) is 3. The zero-order chi connectivity index (χ0) is 27.1. The minimum Gasteiger partial charge on any atom is -0.457 e. The number of ether oxygens (including phenoxy) is 1. The molecule has 3 aliphatic rings. The Morgan fingerprint density at radius 2 is 2.14 bits per heavy atom. The molecule has 1 aromatic heterocycles. The number of carbonyl (C=O) groups is 2. The van der Waals surface area contributed by atoms with Gasteiger partial charge in [0.1, 0.15) is 12.3 Å². The molecule has 0 aliphatic carbocycles. The summed E-state index contributed by atoms with van der Waals surface area (Å²) in [6.45, 7) is 17.4. The molecular weight excluding hydrogens is 523 g/mol. The van der Waals surface area contributed by atoms with Crippen molar-refractivity contribution in [2.45, 2.75) is 75.8 Å². The molecule has 0 saturated carbocycles. The van der Waals surface area contributed by atoms with Crippen molar-refractivity contribution in [2.75, 3.05) is 20.2 Å². The van der Waals surface area contributed by atoms with E-state index >= 15 is 0 Å². The van der Waals surface area contributed by atoms with Gasteiger partial charge in [0.15, 0.2) is 12.7 Å². The van der Waals surface area contributed by atoms with E-state index in [9.17, 15) is 9.59 Å². The van der Waals surface area contributed by atoms with Crippen molar-refractivity contribution < 1.29 is 18.8 Å². The van der Waals surface area contributed by atoms with Gasteiger partial charge in [-0.25, -0.2) is 9.78 Å². The van der Waals surface area contributed by atoms with Gasteiger partial charge in [0.25, 0.3) is 0 Å². The Morgan fingerprint density at radius 1 is 1.41 bits per heavy atom. The van der Waals surface area contributed by atoms with Crippen LogP contribution in [0.25, 0.3) is 5.57 Å². The number of likely N-dealkylation sites (N-methyl/N-ethyl adjacent to an activating group) is 1. The normalized spacial score (nSPS) is 27.1. The van der Waals surface area contributed by atoms with E-state index in [4.69, 9.17) is 14.1 Å². The van der Waals surface area contributed by atoms with E-state index in [-0.39, 0.29) is 36.5 Å². The summed E-state index contributed by atoms with van der Waals surface area (Å²) in [5.41, 5.74) is 2.64. The number of aromatic nitrogens is 1. The lowest BCUT2D eigenvalue weighted by atomic mass is 9.79. The van der Waals surface area contributed by atoms with E-state index in [2.05, 4.69) is 63.5 Å². The van der Waals surface area contributed by atoms with Gasteiger partial charge in [-0.3, -0.25) is 9.69 Å². The van der Waals surface area contributed by atoms with E-state index in [1.807, 2.05) is 6.92 Å². The molecule has 5 atom stereocenters. The largest absolute Gasteiger partial charge is 0.457 e. The van der Waals surface area contributed by atoms with Gasteiger partial charge in [-0.15, -0.1) is 11.3 Å². The van der Waals surface area contributed by atoms with Crippen LogP contribution in [0.3, 0.4) is 0 Å². The highest BCUT2D eigenvalue weighted by Gasteiger charge is 2.61. The van der Waals surface area contributed by atoms with Crippen molar-refractivity contribution in [3.05, 3.63) is 40.4 Å². The lowest BCUT2D eigenvalue weighted by Crippen LogP contribution is -2.64. The molecule has 0 N–H and O–H groups in total. The average molecular weight is 562 g/mol. The van der Waals surface area contributed by atoms with Gasteiger partial charge in [0.05, 0.1) is 23.8 Å². The summed E-state index contributed by atoms with van der Waals surface area (Å²) >= 11 is 3.08. The lowest BCUT2D eigenvalue weighted by Gasteiger charge is -2.48. The number of β-lactam (4-membered cyclic amide) rings is 1. The first-order valence-corrected chi connectivity index (χ1v) is 18.1. The molecular formula is C27H39N3O4S2Si. The number of rotatable bonds is 10. The summed E-state index contributed by atoms with van der Waals surface area (Å²) in [4.78, 5) is 36.3. The van der Waals surface area contributed by atoms with Crippen LogP contribution in [0.15, 0.2) is 39.1 Å². The highest BCUT2D eigenvalue weighted by Crippen LogP contribution is 2.53. The lowest BCUT2D eigenvalue weighted by molar-refractivity contribution is -0.163. The van der Waals surface area contributed by atoms with E-state index in [0.29, 0.717) is 11.7 Å². The number of amides is 1. The third-order valence-electron chi connectivity index (χ3n) is 7.34. The topological polar surface area (TPSA) is 72.0 Å². The number of hydrogen-bond acceptors (Lipinski definition) is 8. The van der Waals surface area contributed by atoms with Gasteiger partial charge >= 0.3 is 5.97 Å². The Labute approximate surface area is 230 Å². The van der Waals surface area contributed by atoms with E-state index in [0.717, 1.165) is 34.3 Å². The Hall–Kier alpha value is -1.72. The molecule has 202 valence electrons. The summed E-state index contributed by atoms with van der Waals surface area (Å²) in [5, 5.41) is 2.11. The summed E-state index contributed by atoms with van der Waals surface area (Å²) in [6.07, 6.45) is 5.69. The van der Waals surface area contributed by atoms with E-state index in [1.165, 1.54) is 23.4 Å². The van der Waals surface area contributed by atoms with Crippen molar-refractivity contribution in [1.29, 1.82) is 0 Å².